The van der Waals surface area contributed by atoms with E-state index in [0.717, 1.165) is 51.0 Å². The molecule has 3 heterocycles. The van der Waals surface area contributed by atoms with Gasteiger partial charge in [-0.25, -0.2) is 9.97 Å². The Morgan fingerprint density at radius 3 is 2.77 bits per heavy atom. The van der Waals surface area contributed by atoms with Crippen LogP contribution in [0, 0.1) is 16.0 Å². The third kappa shape index (κ3) is 2.98. The van der Waals surface area contributed by atoms with Gasteiger partial charge in [-0.3, -0.25) is 10.1 Å². The first kappa shape index (κ1) is 16.8. The minimum atomic E-state index is -0.318. The Hall–Kier alpha value is -2.70. The molecule has 4 rings (SSSR count). The number of rotatable bonds is 3. The summed E-state index contributed by atoms with van der Waals surface area (Å²) in [4.78, 5) is 24.4. The van der Waals surface area contributed by atoms with Gasteiger partial charge in [0.15, 0.2) is 0 Å². The maximum Gasteiger partial charge on any atom is 0.353 e. The monoisotopic (exact) mass is 353 g/mol. The van der Waals surface area contributed by atoms with Gasteiger partial charge in [-0.15, -0.1) is 0 Å². The lowest BCUT2D eigenvalue weighted by molar-refractivity contribution is -0.383. The minimum absolute atomic E-state index is 0.0262. The van der Waals surface area contributed by atoms with Crippen LogP contribution in [0.4, 0.5) is 23.0 Å². The average Bonchev–Trinajstić information content (AvgIpc) is 2.67. The van der Waals surface area contributed by atoms with Gasteiger partial charge >= 0.3 is 5.69 Å². The topological polar surface area (TPSA) is 75.4 Å². The van der Waals surface area contributed by atoms with E-state index >= 15 is 0 Å². The van der Waals surface area contributed by atoms with Gasteiger partial charge in [0.25, 0.3) is 0 Å². The molecule has 7 heteroatoms. The lowest BCUT2D eigenvalue weighted by atomic mass is 10.00. The Kier molecular flexibility index (Phi) is 4.44. The van der Waals surface area contributed by atoms with Crippen LogP contribution in [0.25, 0.3) is 0 Å². The molecule has 1 saturated heterocycles. The summed E-state index contributed by atoms with van der Waals surface area (Å²) < 4.78 is 0. The summed E-state index contributed by atoms with van der Waals surface area (Å²) in [5.74, 6) is 1.37. The van der Waals surface area contributed by atoms with Crippen LogP contribution in [0.1, 0.15) is 31.7 Å². The van der Waals surface area contributed by atoms with Crippen molar-refractivity contribution in [2.24, 2.45) is 5.92 Å². The van der Waals surface area contributed by atoms with E-state index in [1.54, 1.807) is 0 Å². The fourth-order valence-corrected chi connectivity index (χ4v) is 4.09. The molecular formula is C19H23N5O2. The minimum Gasteiger partial charge on any atom is -0.350 e. The van der Waals surface area contributed by atoms with Crippen LogP contribution in [0.3, 0.4) is 0 Å². The maximum atomic E-state index is 12.0. The van der Waals surface area contributed by atoms with E-state index in [1.165, 1.54) is 11.9 Å². The molecule has 0 saturated carbocycles. The second-order valence-corrected chi connectivity index (χ2v) is 7.20. The number of nitrogens with zero attached hydrogens (tertiary/aromatic N) is 5. The van der Waals surface area contributed by atoms with Gasteiger partial charge in [-0.05, 0) is 43.2 Å². The van der Waals surface area contributed by atoms with Crippen molar-refractivity contribution in [3.63, 3.8) is 0 Å². The molecule has 0 spiro atoms. The molecule has 1 unspecified atom stereocenters. The zero-order valence-corrected chi connectivity index (χ0v) is 15.0. The predicted molar refractivity (Wildman–Crippen MR) is 101 cm³/mol. The van der Waals surface area contributed by atoms with Crippen LogP contribution in [0.15, 0.2) is 30.6 Å². The predicted octanol–water partition coefficient (Wildman–Crippen LogP) is 3.71. The molecule has 0 aliphatic carbocycles. The Bertz CT molecular complexity index is 825. The van der Waals surface area contributed by atoms with E-state index in [1.807, 2.05) is 28.0 Å². The lowest BCUT2D eigenvalue weighted by Crippen LogP contribution is -2.36. The number of fused-ring (bicyclic) bond motifs is 1. The second-order valence-electron chi connectivity index (χ2n) is 7.20. The van der Waals surface area contributed by atoms with Crippen LogP contribution in [0.2, 0.25) is 0 Å². The quantitative estimate of drug-likeness (QED) is 0.618. The number of benzene rings is 1. The average molecular weight is 353 g/mol. The summed E-state index contributed by atoms with van der Waals surface area (Å²) in [6.45, 7) is 4.51. The fraction of sp³-hybridized carbons (Fsp3) is 0.474. The summed E-state index contributed by atoms with van der Waals surface area (Å²) >= 11 is 0. The first-order valence-corrected chi connectivity index (χ1v) is 9.25. The van der Waals surface area contributed by atoms with E-state index in [0.29, 0.717) is 17.6 Å². The highest BCUT2D eigenvalue weighted by Gasteiger charge is 2.33. The standard InChI is InChI=1S/C19H23N5O2/c1-14-6-4-10-22(12-14)18-17(24(25)26)19(21-13-20-18)23-11-5-8-15-7-2-3-9-16(15)23/h2-3,7,9,13-14H,4-6,8,10-12H2,1H3. The molecule has 1 aromatic carbocycles. The smallest absolute Gasteiger partial charge is 0.350 e. The van der Waals surface area contributed by atoms with Gasteiger partial charge < -0.3 is 9.80 Å². The summed E-state index contributed by atoms with van der Waals surface area (Å²) in [5, 5.41) is 12.0. The molecule has 0 amide bonds. The molecule has 2 aliphatic rings. The molecule has 2 aromatic rings. The van der Waals surface area contributed by atoms with Crippen LogP contribution < -0.4 is 9.80 Å². The Labute approximate surface area is 152 Å². The SMILES string of the molecule is CC1CCCN(c2ncnc(N3CCCc4ccccc43)c2[N+](=O)[O-])C1. The third-order valence-electron chi connectivity index (χ3n) is 5.29. The zero-order valence-electron chi connectivity index (χ0n) is 15.0. The van der Waals surface area contributed by atoms with Crippen molar-refractivity contribution in [1.82, 2.24) is 9.97 Å². The number of anilines is 3. The van der Waals surface area contributed by atoms with E-state index < -0.39 is 0 Å². The van der Waals surface area contributed by atoms with Gasteiger partial charge in [0.2, 0.25) is 11.6 Å². The molecular weight excluding hydrogens is 330 g/mol. The summed E-state index contributed by atoms with van der Waals surface area (Å²) in [7, 11) is 0. The Morgan fingerprint density at radius 1 is 1.15 bits per heavy atom. The van der Waals surface area contributed by atoms with Crippen molar-refractivity contribution in [3.05, 3.63) is 46.3 Å². The van der Waals surface area contributed by atoms with E-state index in [-0.39, 0.29) is 10.6 Å². The van der Waals surface area contributed by atoms with Gasteiger partial charge in [0.05, 0.1) is 4.92 Å². The molecule has 0 bridgehead atoms. The molecule has 26 heavy (non-hydrogen) atoms. The molecule has 0 radical (unpaired) electrons. The molecule has 1 fully saturated rings. The summed E-state index contributed by atoms with van der Waals surface area (Å²) in [6, 6.07) is 8.08. The summed E-state index contributed by atoms with van der Waals surface area (Å²) in [5.41, 5.74) is 2.25. The molecule has 2 aliphatic heterocycles. The number of hydrogen-bond acceptors (Lipinski definition) is 6. The molecule has 0 N–H and O–H groups in total. The number of nitro groups is 1. The first-order valence-electron chi connectivity index (χ1n) is 9.25. The van der Waals surface area contributed by atoms with Crippen molar-refractivity contribution in [3.8, 4) is 0 Å². The van der Waals surface area contributed by atoms with Crippen LogP contribution in [-0.2, 0) is 6.42 Å². The fourth-order valence-electron chi connectivity index (χ4n) is 4.09. The number of piperidine rings is 1. The van der Waals surface area contributed by atoms with Crippen molar-refractivity contribution < 1.29 is 4.92 Å². The van der Waals surface area contributed by atoms with Gasteiger partial charge in [-0.1, -0.05) is 25.1 Å². The molecule has 136 valence electrons. The second kappa shape index (κ2) is 6.90. The largest absolute Gasteiger partial charge is 0.353 e. The number of para-hydroxylation sites is 1. The van der Waals surface area contributed by atoms with Gasteiger partial charge in [-0.2, -0.15) is 0 Å². The van der Waals surface area contributed by atoms with Crippen LogP contribution >= 0.6 is 0 Å². The van der Waals surface area contributed by atoms with E-state index in [4.69, 9.17) is 0 Å². The highest BCUT2D eigenvalue weighted by Crippen LogP contribution is 2.41. The summed E-state index contributed by atoms with van der Waals surface area (Å²) in [6.07, 6.45) is 5.59. The van der Waals surface area contributed by atoms with E-state index in [2.05, 4.69) is 23.0 Å². The zero-order chi connectivity index (χ0) is 18.1. The number of aryl methyl sites for hydroxylation is 1. The first-order chi connectivity index (χ1) is 12.6. The van der Waals surface area contributed by atoms with Crippen molar-refractivity contribution in [1.29, 1.82) is 0 Å². The highest BCUT2D eigenvalue weighted by atomic mass is 16.6. The maximum absolute atomic E-state index is 12.0. The van der Waals surface area contributed by atoms with Crippen molar-refractivity contribution in [2.75, 3.05) is 29.4 Å². The third-order valence-corrected chi connectivity index (χ3v) is 5.29. The Balaban J connectivity index is 1.80. The van der Waals surface area contributed by atoms with Crippen LogP contribution in [0.5, 0.6) is 0 Å². The lowest BCUT2D eigenvalue weighted by Gasteiger charge is -2.33. The van der Waals surface area contributed by atoms with E-state index in [9.17, 15) is 10.1 Å². The van der Waals surface area contributed by atoms with Crippen molar-refractivity contribution in [2.45, 2.75) is 32.6 Å². The van der Waals surface area contributed by atoms with Crippen molar-refractivity contribution >= 4 is 23.0 Å². The van der Waals surface area contributed by atoms with Gasteiger partial charge in [0, 0.05) is 25.3 Å². The number of hydrogen-bond donors (Lipinski definition) is 0. The Morgan fingerprint density at radius 2 is 1.96 bits per heavy atom. The number of aromatic nitrogens is 2. The molecule has 7 nitrogen and oxygen atoms in total. The highest BCUT2D eigenvalue weighted by molar-refractivity contribution is 5.77. The van der Waals surface area contributed by atoms with Crippen LogP contribution in [-0.4, -0.2) is 34.5 Å². The normalized spacial score (nSPS) is 20.0. The van der Waals surface area contributed by atoms with Gasteiger partial charge in [0.1, 0.15) is 6.33 Å². The molecule has 1 aromatic heterocycles. The molecule has 1 atom stereocenters.